The van der Waals surface area contributed by atoms with Crippen molar-refractivity contribution in [1.82, 2.24) is 14.7 Å². The van der Waals surface area contributed by atoms with Crippen molar-refractivity contribution in [2.24, 2.45) is 0 Å². The Morgan fingerprint density at radius 3 is 2.65 bits per heavy atom. The van der Waals surface area contributed by atoms with E-state index in [1.807, 2.05) is 11.0 Å². The maximum absolute atomic E-state index is 12.7. The fourth-order valence-corrected chi connectivity index (χ4v) is 3.06. The molecule has 1 aliphatic rings. The summed E-state index contributed by atoms with van der Waals surface area (Å²) in [6.07, 6.45) is 0.845. The average molecular weight is 403 g/mol. The van der Waals surface area contributed by atoms with Crippen LogP contribution < -0.4 is 0 Å². The lowest BCUT2D eigenvalue weighted by atomic mass is 10.2. The molecular formula is C16H21BrClN3O2. The summed E-state index contributed by atoms with van der Waals surface area (Å²) in [5, 5.41) is 0.460. The first kappa shape index (κ1) is 18.2. The summed E-state index contributed by atoms with van der Waals surface area (Å²) < 4.78 is 0.832. The number of hydrogen-bond acceptors (Lipinski definition) is 3. The van der Waals surface area contributed by atoms with Gasteiger partial charge in [0, 0.05) is 44.7 Å². The Labute approximate surface area is 150 Å². The zero-order valence-corrected chi connectivity index (χ0v) is 15.7. The van der Waals surface area contributed by atoms with Gasteiger partial charge < -0.3 is 9.80 Å². The molecule has 0 N–H and O–H groups in total. The lowest BCUT2D eigenvalue weighted by Gasteiger charge is -2.23. The Hall–Kier alpha value is -1.11. The van der Waals surface area contributed by atoms with E-state index >= 15 is 0 Å². The number of benzene rings is 1. The van der Waals surface area contributed by atoms with Gasteiger partial charge in [-0.25, -0.2) is 0 Å². The van der Waals surface area contributed by atoms with E-state index in [9.17, 15) is 9.59 Å². The average Bonchev–Trinajstić information content (AvgIpc) is 2.74. The molecule has 0 saturated carbocycles. The fraction of sp³-hybridized carbons (Fsp3) is 0.500. The topological polar surface area (TPSA) is 43.9 Å². The molecule has 1 aliphatic heterocycles. The van der Waals surface area contributed by atoms with Gasteiger partial charge in [-0.3, -0.25) is 14.5 Å². The van der Waals surface area contributed by atoms with E-state index in [1.54, 1.807) is 31.1 Å². The highest BCUT2D eigenvalue weighted by atomic mass is 79.9. The van der Waals surface area contributed by atoms with Crippen LogP contribution in [0.25, 0.3) is 0 Å². The van der Waals surface area contributed by atoms with Crippen LogP contribution in [0.15, 0.2) is 22.7 Å². The van der Waals surface area contributed by atoms with Gasteiger partial charge >= 0.3 is 0 Å². The molecular weight excluding hydrogens is 382 g/mol. The van der Waals surface area contributed by atoms with Gasteiger partial charge in [-0.2, -0.15) is 0 Å². The van der Waals surface area contributed by atoms with Gasteiger partial charge in [-0.05, 0) is 24.6 Å². The maximum Gasteiger partial charge on any atom is 0.255 e. The lowest BCUT2D eigenvalue weighted by molar-refractivity contribution is -0.129. The molecule has 23 heavy (non-hydrogen) atoms. The number of likely N-dealkylation sites (N-methyl/N-ethyl adjacent to an activating group) is 1. The molecule has 1 aromatic rings. The second-order valence-corrected chi connectivity index (χ2v) is 7.16. The normalized spacial score (nSPS) is 16.1. The van der Waals surface area contributed by atoms with Crippen LogP contribution in [0.3, 0.4) is 0 Å². The minimum absolute atomic E-state index is 0.0583. The first-order valence-electron chi connectivity index (χ1n) is 7.55. The van der Waals surface area contributed by atoms with Gasteiger partial charge in [0.2, 0.25) is 5.91 Å². The van der Waals surface area contributed by atoms with Crippen molar-refractivity contribution in [2.75, 3.05) is 46.8 Å². The standard InChI is InChI=1S/C16H21BrClN3O2/c1-19(2)15(22)11-20-6-3-7-21(9-8-20)16(23)13-10-12(17)4-5-14(13)18/h4-5,10H,3,6-9,11H2,1-2H3. The summed E-state index contributed by atoms with van der Waals surface area (Å²) in [6.45, 7) is 3.18. The molecule has 0 radical (unpaired) electrons. The molecule has 1 aromatic carbocycles. The van der Waals surface area contributed by atoms with E-state index in [4.69, 9.17) is 11.6 Å². The van der Waals surface area contributed by atoms with Crippen LogP contribution >= 0.6 is 27.5 Å². The van der Waals surface area contributed by atoms with E-state index in [0.29, 0.717) is 36.8 Å². The van der Waals surface area contributed by atoms with Crippen molar-refractivity contribution in [1.29, 1.82) is 0 Å². The number of halogens is 2. The van der Waals surface area contributed by atoms with Crippen molar-refractivity contribution >= 4 is 39.3 Å². The maximum atomic E-state index is 12.7. The molecule has 0 aromatic heterocycles. The summed E-state index contributed by atoms with van der Waals surface area (Å²) in [5.41, 5.74) is 0.513. The second-order valence-electron chi connectivity index (χ2n) is 5.83. The smallest absolute Gasteiger partial charge is 0.255 e. The molecule has 7 heteroatoms. The Morgan fingerprint density at radius 1 is 1.22 bits per heavy atom. The first-order chi connectivity index (χ1) is 10.9. The van der Waals surface area contributed by atoms with Crippen molar-refractivity contribution in [3.63, 3.8) is 0 Å². The monoisotopic (exact) mass is 401 g/mol. The zero-order chi connectivity index (χ0) is 17.0. The Balaban J connectivity index is 2.01. The van der Waals surface area contributed by atoms with Crippen molar-refractivity contribution in [3.8, 4) is 0 Å². The molecule has 0 aliphatic carbocycles. The van der Waals surface area contributed by atoms with E-state index in [-0.39, 0.29) is 11.8 Å². The van der Waals surface area contributed by atoms with Gasteiger partial charge in [0.15, 0.2) is 0 Å². The molecule has 1 fully saturated rings. The SMILES string of the molecule is CN(C)C(=O)CN1CCCN(C(=O)c2cc(Br)ccc2Cl)CC1. The molecule has 0 spiro atoms. The van der Waals surface area contributed by atoms with E-state index < -0.39 is 0 Å². The lowest BCUT2D eigenvalue weighted by Crippen LogP contribution is -2.39. The van der Waals surface area contributed by atoms with Crippen LogP contribution in [0.2, 0.25) is 5.02 Å². The van der Waals surface area contributed by atoms with Crippen LogP contribution in [0, 0.1) is 0 Å². The predicted octanol–water partition coefficient (Wildman–Crippen LogP) is 2.34. The highest BCUT2D eigenvalue weighted by Crippen LogP contribution is 2.23. The second kappa shape index (κ2) is 8.13. The Bertz CT molecular complexity index is 595. The number of carbonyl (C=O) groups is 2. The summed E-state index contributed by atoms with van der Waals surface area (Å²) in [5.74, 6) is 0.0249. The van der Waals surface area contributed by atoms with E-state index in [0.717, 1.165) is 17.4 Å². The number of hydrogen-bond donors (Lipinski definition) is 0. The summed E-state index contributed by atoms with van der Waals surface area (Å²) >= 11 is 9.53. The van der Waals surface area contributed by atoms with Gasteiger partial charge in [-0.15, -0.1) is 0 Å². The Kier molecular flexibility index (Phi) is 6.44. The highest BCUT2D eigenvalue weighted by Gasteiger charge is 2.23. The quantitative estimate of drug-likeness (QED) is 0.779. The van der Waals surface area contributed by atoms with Crippen LogP contribution in [-0.4, -0.2) is 73.3 Å². The van der Waals surface area contributed by atoms with Crippen molar-refractivity contribution in [2.45, 2.75) is 6.42 Å². The van der Waals surface area contributed by atoms with E-state index in [1.165, 1.54) is 0 Å². The van der Waals surface area contributed by atoms with Gasteiger partial charge in [0.25, 0.3) is 5.91 Å². The number of carbonyl (C=O) groups excluding carboxylic acids is 2. The third-order valence-electron chi connectivity index (χ3n) is 3.89. The molecule has 1 saturated heterocycles. The number of amides is 2. The van der Waals surface area contributed by atoms with Crippen LogP contribution in [0.5, 0.6) is 0 Å². The first-order valence-corrected chi connectivity index (χ1v) is 8.72. The Morgan fingerprint density at radius 2 is 1.96 bits per heavy atom. The zero-order valence-electron chi connectivity index (χ0n) is 13.4. The van der Waals surface area contributed by atoms with Gasteiger partial charge in [-0.1, -0.05) is 27.5 Å². The molecule has 2 amide bonds. The van der Waals surface area contributed by atoms with Crippen molar-refractivity contribution in [3.05, 3.63) is 33.3 Å². The highest BCUT2D eigenvalue weighted by molar-refractivity contribution is 9.10. The minimum Gasteiger partial charge on any atom is -0.348 e. The fourth-order valence-electron chi connectivity index (χ4n) is 2.50. The molecule has 0 unspecified atom stereocenters. The summed E-state index contributed by atoms with van der Waals surface area (Å²) in [6, 6.07) is 5.29. The van der Waals surface area contributed by atoms with Crippen LogP contribution in [-0.2, 0) is 4.79 Å². The third-order valence-corrected chi connectivity index (χ3v) is 4.72. The van der Waals surface area contributed by atoms with Crippen LogP contribution in [0.1, 0.15) is 16.8 Å². The van der Waals surface area contributed by atoms with Crippen molar-refractivity contribution < 1.29 is 9.59 Å². The molecule has 0 bridgehead atoms. The van der Waals surface area contributed by atoms with Gasteiger partial charge in [0.1, 0.15) is 0 Å². The largest absolute Gasteiger partial charge is 0.348 e. The number of nitrogens with zero attached hydrogens (tertiary/aromatic N) is 3. The van der Waals surface area contributed by atoms with Crippen LogP contribution in [0.4, 0.5) is 0 Å². The minimum atomic E-state index is -0.0583. The van der Waals surface area contributed by atoms with E-state index in [2.05, 4.69) is 20.8 Å². The molecule has 0 atom stereocenters. The molecule has 2 rings (SSSR count). The summed E-state index contributed by atoms with van der Waals surface area (Å²) in [4.78, 5) is 30.0. The molecule has 1 heterocycles. The van der Waals surface area contributed by atoms with Gasteiger partial charge in [0.05, 0.1) is 17.1 Å². The number of rotatable bonds is 3. The summed E-state index contributed by atoms with van der Waals surface area (Å²) in [7, 11) is 3.51. The third kappa shape index (κ3) is 4.93. The molecule has 126 valence electrons. The predicted molar refractivity (Wildman–Crippen MR) is 94.8 cm³/mol. The molecule has 5 nitrogen and oxygen atoms in total.